The van der Waals surface area contributed by atoms with E-state index in [1.807, 2.05) is 13.8 Å². The van der Waals surface area contributed by atoms with E-state index in [0.29, 0.717) is 6.42 Å². The van der Waals surface area contributed by atoms with Crippen LogP contribution in [0.5, 0.6) is 0 Å². The highest BCUT2D eigenvalue weighted by Crippen LogP contribution is 2.17. The van der Waals surface area contributed by atoms with Gasteiger partial charge in [0.2, 0.25) is 5.91 Å². The molecule has 18 heavy (non-hydrogen) atoms. The first-order valence-corrected chi connectivity index (χ1v) is 6.52. The van der Waals surface area contributed by atoms with Crippen LogP contribution in [0.4, 0.5) is 5.82 Å². The Labute approximate surface area is 108 Å². The fraction of sp³-hybridized carbons (Fsp3) is 0.615. The maximum absolute atomic E-state index is 11.4. The van der Waals surface area contributed by atoms with Crippen molar-refractivity contribution in [3.63, 3.8) is 0 Å². The molecule has 1 aliphatic rings. The van der Waals surface area contributed by atoms with Crippen LogP contribution in [0.1, 0.15) is 31.9 Å². The quantitative estimate of drug-likeness (QED) is 0.875. The van der Waals surface area contributed by atoms with E-state index in [-0.39, 0.29) is 11.9 Å². The van der Waals surface area contributed by atoms with Crippen LogP contribution < -0.4 is 10.2 Å². The Kier molecular flexibility index (Phi) is 4.12. The van der Waals surface area contributed by atoms with Gasteiger partial charge in [-0.3, -0.25) is 9.78 Å². The Hall–Kier alpha value is -1.65. The third kappa shape index (κ3) is 3.18. The molecule has 5 heteroatoms. The lowest BCUT2D eigenvalue weighted by atomic mass is 10.1. The third-order valence-electron chi connectivity index (χ3n) is 3.17. The fourth-order valence-electron chi connectivity index (χ4n) is 2.24. The highest BCUT2D eigenvalue weighted by Gasteiger charge is 2.21. The molecule has 5 nitrogen and oxygen atoms in total. The summed E-state index contributed by atoms with van der Waals surface area (Å²) in [4.78, 5) is 22.3. The van der Waals surface area contributed by atoms with Crippen LogP contribution in [-0.4, -0.2) is 35.0 Å². The van der Waals surface area contributed by atoms with Gasteiger partial charge in [-0.25, -0.2) is 4.98 Å². The number of piperidine rings is 1. The normalized spacial score (nSPS) is 19.7. The molecule has 0 saturated carbocycles. The lowest BCUT2D eigenvalue weighted by molar-refractivity contribution is -0.121. The Morgan fingerprint density at radius 3 is 3.11 bits per heavy atom. The number of carbonyl (C=O) groups excluding carboxylic acids is 1. The van der Waals surface area contributed by atoms with Gasteiger partial charge in [0.25, 0.3) is 0 Å². The molecule has 1 unspecified atom stereocenters. The van der Waals surface area contributed by atoms with Crippen LogP contribution in [0.2, 0.25) is 0 Å². The van der Waals surface area contributed by atoms with Crippen molar-refractivity contribution < 1.29 is 4.79 Å². The van der Waals surface area contributed by atoms with Crippen molar-refractivity contribution in [3.8, 4) is 0 Å². The van der Waals surface area contributed by atoms with Gasteiger partial charge in [-0.2, -0.15) is 0 Å². The molecule has 1 aromatic heterocycles. The summed E-state index contributed by atoms with van der Waals surface area (Å²) in [5.74, 6) is 1.03. The lowest BCUT2D eigenvalue weighted by Gasteiger charge is -2.33. The molecule has 1 atom stereocenters. The second-order valence-electron chi connectivity index (χ2n) is 4.72. The van der Waals surface area contributed by atoms with Crippen molar-refractivity contribution in [2.75, 3.05) is 18.0 Å². The SMILES string of the molecule is CCC(=O)NC1CCCN(c2cncc(C)n2)C1. The minimum Gasteiger partial charge on any atom is -0.353 e. The van der Waals surface area contributed by atoms with Crippen LogP contribution in [0, 0.1) is 6.92 Å². The number of hydrogen-bond acceptors (Lipinski definition) is 4. The molecule has 1 fully saturated rings. The van der Waals surface area contributed by atoms with Gasteiger partial charge >= 0.3 is 0 Å². The zero-order valence-corrected chi connectivity index (χ0v) is 11.0. The average molecular weight is 248 g/mol. The summed E-state index contributed by atoms with van der Waals surface area (Å²) < 4.78 is 0. The summed E-state index contributed by atoms with van der Waals surface area (Å²) in [5, 5.41) is 3.05. The number of carbonyl (C=O) groups is 1. The largest absolute Gasteiger partial charge is 0.353 e. The predicted octanol–water partition coefficient (Wildman–Crippen LogP) is 1.28. The first kappa shape index (κ1) is 12.8. The van der Waals surface area contributed by atoms with Crippen LogP contribution in [0.3, 0.4) is 0 Å². The van der Waals surface area contributed by atoms with Crippen molar-refractivity contribution in [2.24, 2.45) is 0 Å². The number of aryl methyl sites for hydroxylation is 1. The third-order valence-corrected chi connectivity index (χ3v) is 3.17. The Bertz CT molecular complexity index is 421. The highest BCUT2D eigenvalue weighted by atomic mass is 16.1. The zero-order valence-electron chi connectivity index (χ0n) is 11.0. The molecule has 1 amide bonds. The molecule has 1 saturated heterocycles. The number of nitrogens with one attached hydrogen (secondary N) is 1. The van der Waals surface area contributed by atoms with E-state index in [1.54, 1.807) is 12.4 Å². The predicted molar refractivity (Wildman–Crippen MR) is 70.4 cm³/mol. The van der Waals surface area contributed by atoms with E-state index in [0.717, 1.165) is 37.4 Å². The summed E-state index contributed by atoms with van der Waals surface area (Å²) in [6, 6.07) is 0.230. The number of amides is 1. The molecule has 2 rings (SSSR count). The van der Waals surface area contributed by atoms with E-state index in [9.17, 15) is 4.79 Å². The monoisotopic (exact) mass is 248 g/mol. The molecule has 1 aliphatic heterocycles. The minimum absolute atomic E-state index is 0.122. The second kappa shape index (κ2) is 5.80. The van der Waals surface area contributed by atoms with Crippen LogP contribution in [0.25, 0.3) is 0 Å². The van der Waals surface area contributed by atoms with E-state index < -0.39 is 0 Å². The van der Waals surface area contributed by atoms with Crippen LogP contribution in [0.15, 0.2) is 12.4 Å². The smallest absolute Gasteiger partial charge is 0.219 e. The number of rotatable bonds is 3. The lowest BCUT2D eigenvalue weighted by Crippen LogP contribution is -2.48. The van der Waals surface area contributed by atoms with Crippen LogP contribution in [-0.2, 0) is 4.79 Å². The molecule has 1 aromatic rings. The molecular formula is C13H20N4O. The topological polar surface area (TPSA) is 58.1 Å². The fourth-order valence-corrected chi connectivity index (χ4v) is 2.24. The molecule has 0 bridgehead atoms. The van der Waals surface area contributed by atoms with Crippen molar-refractivity contribution in [2.45, 2.75) is 39.2 Å². The van der Waals surface area contributed by atoms with E-state index in [1.165, 1.54) is 0 Å². The van der Waals surface area contributed by atoms with Crippen molar-refractivity contribution in [1.82, 2.24) is 15.3 Å². The summed E-state index contributed by atoms with van der Waals surface area (Å²) >= 11 is 0. The number of aromatic nitrogens is 2. The number of nitrogens with zero attached hydrogens (tertiary/aromatic N) is 3. The average Bonchev–Trinajstić information content (AvgIpc) is 2.39. The molecule has 2 heterocycles. The molecular weight excluding hydrogens is 228 g/mol. The summed E-state index contributed by atoms with van der Waals surface area (Å²) in [7, 11) is 0. The Morgan fingerprint density at radius 2 is 2.39 bits per heavy atom. The molecule has 0 spiro atoms. The standard InChI is InChI=1S/C13H20N4O/c1-3-13(18)16-11-5-4-6-17(9-11)12-8-14-7-10(2)15-12/h7-8,11H,3-6,9H2,1-2H3,(H,16,18). The second-order valence-corrected chi connectivity index (χ2v) is 4.72. The Balaban J connectivity index is 2.00. The summed E-state index contributed by atoms with van der Waals surface area (Å²) in [6.45, 7) is 5.62. The highest BCUT2D eigenvalue weighted by molar-refractivity contribution is 5.75. The number of anilines is 1. The van der Waals surface area contributed by atoms with E-state index >= 15 is 0 Å². The molecule has 0 radical (unpaired) electrons. The molecule has 0 aromatic carbocycles. The minimum atomic E-state index is 0.122. The van der Waals surface area contributed by atoms with Crippen LogP contribution >= 0.6 is 0 Å². The Morgan fingerprint density at radius 1 is 1.56 bits per heavy atom. The van der Waals surface area contributed by atoms with Gasteiger partial charge in [-0.05, 0) is 19.8 Å². The summed E-state index contributed by atoms with van der Waals surface area (Å²) in [6.07, 6.45) is 6.20. The molecule has 1 N–H and O–H groups in total. The first-order chi connectivity index (χ1) is 8.69. The maximum atomic E-state index is 11.4. The van der Waals surface area contributed by atoms with Crippen molar-refractivity contribution in [1.29, 1.82) is 0 Å². The van der Waals surface area contributed by atoms with Crippen molar-refractivity contribution in [3.05, 3.63) is 18.1 Å². The van der Waals surface area contributed by atoms with Gasteiger partial charge in [-0.15, -0.1) is 0 Å². The molecule has 0 aliphatic carbocycles. The van der Waals surface area contributed by atoms with Gasteiger partial charge in [0.15, 0.2) is 0 Å². The molecule has 98 valence electrons. The van der Waals surface area contributed by atoms with Gasteiger partial charge in [-0.1, -0.05) is 6.92 Å². The number of hydrogen-bond donors (Lipinski definition) is 1. The van der Waals surface area contributed by atoms with Gasteiger partial charge in [0.1, 0.15) is 5.82 Å². The maximum Gasteiger partial charge on any atom is 0.219 e. The van der Waals surface area contributed by atoms with E-state index in [2.05, 4.69) is 20.2 Å². The van der Waals surface area contributed by atoms with Crippen molar-refractivity contribution >= 4 is 11.7 Å². The first-order valence-electron chi connectivity index (χ1n) is 6.52. The zero-order chi connectivity index (χ0) is 13.0. The van der Waals surface area contributed by atoms with Gasteiger partial charge in [0, 0.05) is 31.7 Å². The summed E-state index contributed by atoms with van der Waals surface area (Å²) in [5.41, 5.74) is 0.923. The van der Waals surface area contributed by atoms with Gasteiger partial charge < -0.3 is 10.2 Å². The van der Waals surface area contributed by atoms with Gasteiger partial charge in [0.05, 0.1) is 11.9 Å². The van der Waals surface area contributed by atoms with E-state index in [4.69, 9.17) is 0 Å².